The van der Waals surface area contributed by atoms with E-state index in [1.54, 1.807) is 0 Å². The van der Waals surface area contributed by atoms with E-state index < -0.39 is 6.09 Å². The molecule has 1 N–H and O–H groups in total. The van der Waals surface area contributed by atoms with E-state index in [2.05, 4.69) is 15.3 Å². The number of rotatable bonds is 4. The van der Waals surface area contributed by atoms with Crippen LogP contribution in [-0.4, -0.2) is 24.3 Å². The van der Waals surface area contributed by atoms with Crippen molar-refractivity contribution >= 4 is 6.09 Å². The Balaban J connectivity index is 2.57. The first-order valence-corrected chi connectivity index (χ1v) is 6.92. The zero-order valence-corrected chi connectivity index (χ0v) is 12.1. The molecule has 0 saturated heterocycles. The van der Waals surface area contributed by atoms with Gasteiger partial charge in [-0.15, -0.1) is 0 Å². The largest absolute Gasteiger partial charge is 0.446 e. The average Bonchev–Trinajstić information content (AvgIpc) is 2.33. The molecule has 0 heterocycles. The number of carbonyl (C=O) groups excluding carboxylic acids is 1. The molecular formula is C13H24N4O2. The number of ether oxygens (including phenoxy) is 1. The van der Waals surface area contributed by atoms with E-state index in [0.717, 1.165) is 25.7 Å². The number of amides is 1. The second-order valence-corrected chi connectivity index (χ2v) is 6.13. The standard InChI is InChI=1S/C13H24N4O2/c1-13(2,3)16-12(18)19-11(9-15-17-14)10-7-5-4-6-8-10/h10-11H,4-9H2,1-3H3,(H,16,18)/t11-/m0/s1. The van der Waals surface area contributed by atoms with E-state index in [9.17, 15) is 4.79 Å². The number of nitrogens with zero attached hydrogens (tertiary/aromatic N) is 3. The smallest absolute Gasteiger partial charge is 0.407 e. The molecule has 6 heteroatoms. The quantitative estimate of drug-likeness (QED) is 0.478. The predicted molar refractivity (Wildman–Crippen MR) is 73.7 cm³/mol. The minimum absolute atomic E-state index is 0.221. The number of hydrogen-bond donors (Lipinski definition) is 1. The second-order valence-electron chi connectivity index (χ2n) is 6.13. The highest BCUT2D eigenvalue weighted by Gasteiger charge is 2.27. The van der Waals surface area contributed by atoms with Crippen molar-refractivity contribution in [2.75, 3.05) is 6.54 Å². The van der Waals surface area contributed by atoms with Crippen molar-refractivity contribution in [2.24, 2.45) is 11.0 Å². The van der Waals surface area contributed by atoms with E-state index in [0.29, 0.717) is 5.92 Å². The van der Waals surface area contributed by atoms with Crippen molar-refractivity contribution < 1.29 is 9.53 Å². The van der Waals surface area contributed by atoms with E-state index in [1.807, 2.05) is 20.8 Å². The molecule has 0 aromatic heterocycles. The van der Waals surface area contributed by atoms with Crippen molar-refractivity contribution in [1.82, 2.24) is 5.32 Å². The Morgan fingerprint density at radius 1 is 1.42 bits per heavy atom. The van der Waals surface area contributed by atoms with Gasteiger partial charge < -0.3 is 10.1 Å². The number of nitrogens with one attached hydrogen (secondary N) is 1. The Labute approximate surface area is 114 Å². The van der Waals surface area contributed by atoms with Crippen LogP contribution in [0, 0.1) is 5.92 Å². The summed E-state index contributed by atoms with van der Waals surface area (Å²) in [5.74, 6) is 0.310. The lowest BCUT2D eigenvalue weighted by molar-refractivity contribution is 0.0493. The molecule has 6 nitrogen and oxygen atoms in total. The molecule has 0 aromatic rings. The van der Waals surface area contributed by atoms with Gasteiger partial charge in [-0.1, -0.05) is 24.4 Å². The van der Waals surface area contributed by atoms with Crippen LogP contribution in [0.5, 0.6) is 0 Å². The molecule has 0 aromatic carbocycles. The molecular weight excluding hydrogens is 244 g/mol. The Morgan fingerprint density at radius 3 is 2.58 bits per heavy atom. The summed E-state index contributed by atoms with van der Waals surface area (Å²) in [6, 6.07) is 0. The summed E-state index contributed by atoms with van der Waals surface area (Å²) in [7, 11) is 0. The normalized spacial score (nSPS) is 18.3. The highest BCUT2D eigenvalue weighted by molar-refractivity contribution is 5.68. The van der Waals surface area contributed by atoms with Gasteiger partial charge in [0, 0.05) is 10.5 Å². The lowest BCUT2D eigenvalue weighted by Crippen LogP contribution is -2.44. The average molecular weight is 268 g/mol. The van der Waals surface area contributed by atoms with E-state index in [1.165, 1.54) is 6.42 Å². The molecule has 0 radical (unpaired) electrons. The van der Waals surface area contributed by atoms with Crippen LogP contribution < -0.4 is 5.32 Å². The van der Waals surface area contributed by atoms with Gasteiger partial charge in [-0.2, -0.15) is 0 Å². The number of alkyl carbamates (subject to hydrolysis) is 1. The third kappa shape index (κ3) is 6.34. The van der Waals surface area contributed by atoms with E-state index in [-0.39, 0.29) is 18.2 Å². The first-order valence-electron chi connectivity index (χ1n) is 6.92. The number of carbonyl (C=O) groups is 1. The zero-order chi connectivity index (χ0) is 14.3. The van der Waals surface area contributed by atoms with Crippen LogP contribution in [0.3, 0.4) is 0 Å². The van der Waals surface area contributed by atoms with Crippen LogP contribution in [0.25, 0.3) is 10.4 Å². The van der Waals surface area contributed by atoms with Crippen LogP contribution in [0.1, 0.15) is 52.9 Å². The van der Waals surface area contributed by atoms with Gasteiger partial charge in [0.1, 0.15) is 6.10 Å². The van der Waals surface area contributed by atoms with Crippen LogP contribution in [0.2, 0.25) is 0 Å². The van der Waals surface area contributed by atoms with Gasteiger partial charge in [0.2, 0.25) is 0 Å². The summed E-state index contributed by atoms with van der Waals surface area (Å²) in [6.07, 6.45) is 4.88. The van der Waals surface area contributed by atoms with Gasteiger partial charge in [0.15, 0.2) is 0 Å². The minimum atomic E-state index is -0.434. The molecule has 1 saturated carbocycles. The molecule has 1 amide bonds. The number of azide groups is 1. The molecule has 0 spiro atoms. The van der Waals surface area contributed by atoms with Gasteiger partial charge in [-0.25, -0.2) is 4.79 Å². The molecule has 1 aliphatic rings. The molecule has 108 valence electrons. The highest BCUT2D eigenvalue weighted by Crippen LogP contribution is 2.28. The zero-order valence-electron chi connectivity index (χ0n) is 12.1. The van der Waals surface area contributed by atoms with Crippen LogP contribution >= 0.6 is 0 Å². The summed E-state index contributed by atoms with van der Waals surface area (Å²) < 4.78 is 5.45. The van der Waals surface area contributed by atoms with E-state index >= 15 is 0 Å². The van der Waals surface area contributed by atoms with Gasteiger partial charge in [-0.05, 0) is 45.1 Å². The minimum Gasteiger partial charge on any atom is -0.446 e. The SMILES string of the molecule is CC(C)(C)NC(=O)O[C@@H](CN=[N+]=[N-])C1CCCCC1. The molecule has 1 rings (SSSR count). The summed E-state index contributed by atoms with van der Waals surface area (Å²) in [6.45, 7) is 5.92. The van der Waals surface area contributed by atoms with Crippen LogP contribution in [0.4, 0.5) is 4.79 Å². The maximum absolute atomic E-state index is 11.8. The molecule has 0 unspecified atom stereocenters. The lowest BCUT2D eigenvalue weighted by atomic mass is 9.85. The summed E-state index contributed by atoms with van der Waals surface area (Å²) in [5.41, 5.74) is 8.11. The fourth-order valence-corrected chi connectivity index (χ4v) is 2.38. The van der Waals surface area contributed by atoms with E-state index in [4.69, 9.17) is 10.3 Å². The summed E-state index contributed by atoms with van der Waals surface area (Å²) in [5, 5.41) is 6.34. The Morgan fingerprint density at radius 2 is 2.05 bits per heavy atom. The Kier molecular flexibility index (Phi) is 5.96. The summed E-state index contributed by atoms with van der Waals surface area (Å²) in [4.78, 5) is 14.6. The fourth-order valence-electron chi connectivity index (χ4n) is 2.38. The summed E-state index contributed by atoms with van der Waals surface area (Å²) >= 11 is 0. The van der Waals surface area contributed by atoms with Gasteiger partial charge in [0.05, 0.1) is 6.54 Å². The van der Waals surface area contributed by atoms with Gasteiger partial charge in [0.25, 0.3) is 0 Å². The third-order valence-corrected chi connectivity index (χ3v) is 3.24. The molecule has 1 atom stereocenters. The topological polar surface area (TPSA) is 87.1 Å². The highest BCUT2D eigenvalue weighted by atomic mass is 16.6. The van der Waals surface area contributed by atoms with Crippen molar-refractivity contribution in [3.8, 4) is 0 Å². The second kappa shape index (κ2) is 7.24. The third-order valence-electron chi connectivity index (χ3n) is 3.24. The monoisotopic (exact) mass is 268 g/mol. The van der Waals surface area contributed by atoms with Gasteiger partial charge >= 0.3 is 6.09 Å². The van der Waals surface area contributed by atoms with Crippen molar-refractivity contribution in [3.63, 3.8) is 0 Å². The molecule has 1 fully saturated rings. The maximum Gasteiger partial charge on any atom is 0.407 e. The molecule has 19 heavy (non-hydrogen) atoms. The van der Waals surface area contributed by atoms with Gasteiger partial charge in [-0.3, -0.25) is 0 Å². The van der Waals surface area contributed by atoms with Crippen LogP contribution in [0.15, 0.2) is 5.11 Å². The molecule has 0 bridgehead atoms. The number of hydrogen-bond acceptors (Lipinski definition) is 3. The molecule has 0 aliphatic heterocycles. The predicted octanol–water partition coefficient (Wildman–Crippen LogP) is 3.77. The molecule has 1 aliphatic carbocycles. The first-order chi connectivity index (χ1) is 8.92. The fraction of sp³-hybridized carbons (Fsp3) is 0.923. The Bertz CT molecular complexity index is 339. The van der Waals surface area contributed by atoms with Crippen molar-refractivity contribution in [3.05, 3.63) is 10.4 Å². The van der Waals surface area contributed by atoms with Crippen molar-refractivity contribution in [2.45, 2.75) is 64.5 Å². The van der Waals surface area contributed by atoms with Crippen LogP contribution in [-0.2, 0) is 4.74 Å². The first kappa shape index (κ1) is 15.6. The lowest BCUT2D eigenvalue weighted by Gasteiger charge is -2.30. The van der Waals surface area contributed by atoms with Crippen molar-refractivity contribution in [1.29, 1.82) is 0 Å². The maximum atomic E-state index is 11.8. The Hall–Kier alpha value is -1.42.